The normalized spacial score (nSPS) is 30.1. The summed E-state index contributed by atoms with van der Waals surface area (Å²) in [5.74, 6) is 1.77. The molecule has 0 spiro atoms. The summed E-state index contributed by atoms with van der Waals surface area (Å²) < 4.78 is 18.9. The van der Waals surface area contributed by atoms with Gasteiger partial charge in [0.2, 0.25) is 11.8 Å². The van der Waals surface area contributed by atoms with Gasteiger partial charge >= 0.3 is 0 Å². The molecule has 5 rings (SSSR count). The Morgan fingerprint density at radius 3 is 2.36 bits per heavy atom. The zero-order valence-corrected chi connectivity index (χ0v) is 16.5. The molecule has 1 N–H and O–H groups in total. The zero-order valence-electron chi connectivity index (χ0n) is 16.5. The molecule has 6 heteroatoms. The van der Waals surface area contributed by atoms with Gasteiger partial charge in [0.25, 0.3) is 0 Å². The van der Waals surface area contributed by atoms with E-state index >= 15 is 0 Å². The van der Waals surface area contributed by atoms with Crippen molar-refractivity contribution in [1.82, 2.24) is 10.2 Å². The summed E-state index contributed by atoms with van der Waals surface area (Å²) in [7, 11) is 1.67. The number of nitrogens with one attached hydrogen (secondary N) is 1. The first kappa shape index (κ1) is 19.2. The summed E-state index contributed by atoms with van der Waals surface area (Å²) in [5.41, 5.74) is -0.235. The predicted octanol–water partition coefficient (Wildman–Crippen LogP) is 3.00. The molecule has 4 aliphatic rings. The Morgan fingerprint density at radius 2 is 1.75 bits per heavy atom. The van der Waals surface area contributed by atoms with Gasteiger partial charge in [0.1, 0.15) is 6.61 Å². The van der Waals surface area contributed by atoms with E-state index in [9.17, 15) is 14.0 Å². The highest BCUT2D eigenvalue weighted by atomic mass is 19.1. The second-order valence-corrected chi connectivity index (χ2v) is 8.97. The van der Waals surface area contributed by atoms with Gasteiger partial charge in [0, 0.05) is 12.5 Å². The van der Waals surface area contributed by atoms with E-state index in [0.717, 1.165) is 19.3 Å². The third-order valence-corrected chi connectivity index (χ3v) is 6.87. The number of hydrogen-bond acceptors (Lipinski definition) is 3. The van der Waals surface area contributed by atoms with Crippen LogP contribution in [0.2, 0.25) is 0 Å². The molecule has 0 aromatic heterocycles. The molecule has 28 heavy (non-hydrogen) atoms. The molecule has 0 radical (unpaired) electrons. The van der Waals surface area contributed by atoms with E-state index in [1.165, 1.54) is 30.2 Å². The molecule has 1 aromatic rings. The molecule has 0 unspecified atom stereocenters. The molecule has 0 aliphatic heterocycles. The highest BCUT2D eigenvalue weighted by Crippen LogP contribution is 2.60. The Labute approximate surface area is 165 Å². The Bertz CT molecular complexity index is 716. The number of amides is 2. The van der Waals surface area contributed by atoms with E-state index in [2.05, 4.69) is 5.32 Å². The third kappa shape index (κ3) is 3.87. The molecule has 4 fully saturated rings. The van der Waals surface area contributed by atoms with E-state index < -0.39 is 5.82 Å². The number of halogens is 1. The number of hydrogen-bond donors (Lipinski definition) is 1. The van der Waals surface area contributed by atoms with Crippen LogP contribution >= 0.6 is 0 Å². The van der Waals surface area contributed by atoms with Crippen molar-refractivity contribution in [3.05, 3.63) is 30.1 Å². The quantitative estimate of drug-likeness (QED) is 0.781. The molecular formula is C22H29FN2O3. The maximum Gasteiger partial charge on any atom is 0.241 e. The Kier molecular flexibility index (Phi) is 5.30. The van der Waals surface area contributed by atoms with Crippen LogP contribution in [-0.2, 0) is 9.59 Å². The summed E-state index contributed by atoms with van der Waals surface area (Å²) in [6.45, 7) is 0.545. The number of benzene rings is 1. The fourth-order valence-electron chi connectivity index (χ4n) is 5.85. The lowest BCUT2D eigenvalue weighted by molar-refractivity contribution is -0.147. The monoisotopic (exact) mass is 388 g/mol. The fourth-order valence-corrected chi connectivity index (χ4v) is 5.85. The Balaban J connectivity index is 1.23. The largest absolute Gasteiger partial charge is 0.489 e. The van der Waals surface area contributed by atoms with E-state index in [0.29, 0.717) is 24.3 Å². The topological polar surface area (TPSA) is 58.6 Å². The van der Waals surface area contributed by atoms with Crippen molar-refractivity contribution in [3.63, 3.8) is 0 Å². The van der Waals surface area contributed by atoms with Crippen molar-refractivity contribution in [2.75, 3.05) is 26.7 Å². The van der Waals surface area contributed by atoms with Gasteiger partial charge in [-0.1, -0.05) is 12.1 Å². The SMILES string of the molecule is CN(CCOc1ccccc1F)C(=O)CNC(=O)C12CC3CC(CC(C3)C1)C2. The van der Waals surface area contributed by atoms with Crippen LogP contribution in [0.4, 0.5) is 4.39 Å². The van der Waals surface area contributed by atoms with Gasteiger partial charge in [0.05, 0.1) is 13.1 Å². The lowest BCUT2D eigenvalue weighted by atomic mass is 9.49. The smallest absolute Gasteiger partial charge is 0.241 e. The van der Waals surface area contributed by atoms with Gasteiger partial charge in [-0.25, -0.2) is 4.39 Å². The molecule has 152 valence electrons. The van der Waals surface area contributed by atoms with Crippen LogP contribution < -0.4 is 10.1 Å². The Hall–Kier alpha value is -2.11. The van der Waals surface area contributed by atoms with Crippen LogP contribution in [0.15, 0.2) is 24.3 Å². The summed E-state index contributed by atoms with van der Waals surface area (Å²) >= 11 is 0. The van der Waals surface area contributed by atoms with Crippen molar-refractivity contribution in [1.29, 1.82) is 0 Å². The van der Waals surface area contributed by atoms with Crippen LogP contribution in [0, 0.1) is 29.0 Å². The lowest BCUT2D eigenvalue weighted by Crippen LogP contribution is -2.54. The lowest BCUT2D eigenvalue weighted by Gasteiger charge is -2.55. The fraction of sp³-hybridized carbons (Fsp3) is 0.636. The van der Waals surface area contributed by atoms with Crippen molar-refractivity contribution in [2.45, 2.75) is 38.5 Å². The summed E-state index contributed by atoms with van der Waals surface area (Å²) in [6.07, 6.45) is 6.84. The molecule has 2 amide bonds. The molecule has 4 aliphatic carbocycles. The van der Waals surface area contributed by atoms with Crippen molar-refractivity contribution in [2.24, 2.45) is 23.2 Å². The number of rotatable bonds is 7. The summed E-state index contributed by atoms with van der Waals surface area (Å²) in [5, 5.41) is 2.91. The minimum Gasteiger partial charge on any atom is -0.489 e. The van der Waals surface area contributed by atoms with Crippen LogP contribution in [0.1, 0.15) is 38.5 Å². The molecule has 5 nitrogen and oxygen atoms in total. The van der Waals surface area contributed by atoms with Crippen LogP contribution in [0.25, 0.3) is 0 Å². The van der Waals surface area contributed by atoms with Gasteiger partial charge in [0.15, 0.2) is 11.6 Å². The van der Waals surface area contributed by atoms with Gasteiger partial charge in [-0.15, -0.1) is 0 Å². The van der Waals surface area contributed by atoms with Crippen molar-refractivity contribution < 1.29 is 18.7 Å². The minimum atomic E-state index is -0.417. The molecule has 4 saturated carbocycles. The second-order valence-electron chi connectivity index (χ2n) is 8.97. The number of nitrogens with zero attached hydrogens (tertiary/aromatic N) is 1. The van der Waals surface area contributed by atoms with E-state index in [4.69, 9.17) is 4.74 Å². The van der Waals surface area contributed by atoms with Gasteiger partial charge < -0.3 is 15.0 Å². The number of ether oxygens (including phenoxy) is 1. The summed E-state index contributed by atoms with van der Waals surface area (Å²) in [4.78, 5) is 26.8. The highest BCUT2D eigenvalue weighted by Gasteiger charge is 2.54. The number of likely N-dealkylation sites (N-methyl/N-ethyl adjacent to an activating group) is 1. The predicted molar refractivity (Wildman–Crippen MR) is 103 cm³/mol. The average Bonchev–Trinajstić information content (AvgIpc) is 2.66. The third-order valence-electron chi connectivity index (χ3n) is 6.87. The zero-order chi connectivity index (χ0) is 19.7. The second kappa shape index (κ2) is 7.72. The standard InChI is InChI=1S/C22H29FN2O3/c1-25(6-7-28-19-5-3-2-4-18(19)23)20(26)14-24-21(27)22-11-15-8-16(12-22)10-17(9-15)13-22/h2-5,15-17H,6-14H2,1H3,(H,24,27). The summed E-state index contributed by atoms with van der Waals surface area (Å²) in [6, 6.07) is 6.20. The van der Waals surface area contributed by atoms with E-state index in [-0.39, 0.29) is 36.1 Å². The molecule has 0 atom stereocenters. The number of para-hydroxylation sites is 1. The van der Waals surface area contributed by atoms with Crippen molar-refractivity contribution in [3.8, 4) is 5.75 Å². The van der Waals surface area contributed by atoms with Gasteiger partial charge in [-0.05, 0) is 68.4 Å². The van der Waals surface area contributed by atoms with E-state index in [1.807, 2.05) is 0 Å². The maximum absolute atomic E-state index is 13.5. The first-order valence-corrected chi connectivity index (χ1v) is 10.3. The molecule has 1 aromatic carbocycles. The van der Waals surface area contributed by atoms with Crippen LogP contribution in [-0.4, -0.2) is 43.5 Å². The Morgan fingerprint density at radius 1 is 1.14 bits per heavy atom. The molecule has 0 heterocycles. The minimum absolute atomic E-state index is 0.0107. The first-order chi connectivity index (χ1) is 13.4. The van der Waals surface area contributed by atoms with E-state index in [1.54, 1.807) is 25.2 Å². The van der Waals surface area contributed by atoms with Crippen LogP contribution in [0.3, 0.4) is 0 Å². The first-order valence-electron chi connectivity index (χ1n) is 10.3. The van der Waals surface area contributed by atoms with Crippen LogP contribution in [0.5, 0.6) is 5.75 Å². The number of carbonyl (C=O) groups is 2. The molecule has 4 bridgehead atoms. The maximum atomic E-state index is 13.5. The highest BCUT2D eigenvalue weighted by molar-refractivity contribution is 5.88. The average molecular weight is 388 g/mol. The molecule has 0 saturated heterocycles. The van der Waals surface area contributed by atoms with Gasteiger partial charge in [-0.3, -0.25) is 9.59 Å². The van der Waals surface area contributed by atoms with Gasteiger partial charge in [-0.2, -0.15) is 0 Å². The number of carbonyl (C=O) groups excluding carboxylic acids is 2. The van der Waals surface area contributed by atoms with Crippen molar-refractivity contribution >= 4 is 11.8 Å². The molecular weight excluding hydrogens is 359 g/mol.